The van der Waals surface area contributed by atoms with Gasteiger partial charge in [0.25, 0.3) is 5.91 Å². The molecule has 1 saturated heterocycles. The molecule has 250 valence electrons. The Hall–Kier alpha value is -5.00. The Morgan fingerprint density at radius 1 is 1.17 bits per heavy atom. The number of anilines is 1. The van der Waals surface area contributed by atoms with Crippen LogP contribution in [-0.4, -0.2) is 82.4 Å². The van der Waals surface area contributed by atoms with Crippen molar-refractivity contribution >= 4 is 52.0 Å². The van der Waals surface area contributed by atoms with Gasteiger partial charge in [-0.25, -0.2) is 14.6 Å². The molecule has 2 aromatic heterocycles. The normalized spacial score (nSPS) is 16.2. The van der Waals surface area contributed by atoms with Crippen LogP contribution in [0.2, 0.25) is 0 Å². The monoisotopic (exact) mass is 661 g/mol. The molecule has 3 rings (SSSR count). The van der Waals surface area contributed by atoms with Crippen LogP contribution >= 0.6 is 11.3 Å². The number of pyridine rings is 1. The Bertz CT molecular complexity index is 1520. The number of aromatic nitrogens is 2. The number of H-pyrrole nitrogens is 1. The van der Waals surface area contributed by atoms with Crippen molar-refractivity contribution in [1.82, 2.24) is 36.6 Å². The van der Waals surface area contributed by atoms with Gasteiger partial charge in [-0.1, -0.05) is 13.3 Å². The van der Waals surface area contributed by atoms with Crippen LogP contribution in [0.4, 0.5) is 14.7 Å². The summed E-state index contributed by atoms with van der Waals surface area (Å²) in [6.45, 7) is 8.93. The molecule has 1 fully saturated rings. The van der Waals surface area contributed by atoms with Crippen molar-refractivity contribution < 1.29 is 33.4 Å². The highest BCUT2D eigenvalue weighted by Crippen LogP contribution is 2.18. The Labute approximate surface area is 268 Å². The van der Waals surface area contributed by atoms with Crippen LogP contribution in [0.5, 0.6) is 5.75 Å². The van der Waals surface area contributed by atoms with Gasteiger partial charge in [-0.2, -0.15) is 0 Å². The van der Waals surface area contributed by atoms with E-state index in [1.54, 1.807) is 20.8 Å². The van der Waals surface area contributed by atoms with Crippen molar-refractivity contribution in [3.8, 4) is 5.75 Å². The summed E-state index contributed by atoms with van der Waals surface area (Å²) in [4.78, 5) is 80.6. The van der Waals surface area contributed by atoms with E-state index in [-0.39, 0.29) is 35.1 Å². The van der Waals surface area contributed by atoms with Crippen molar-refractivity contribution in [3.05, 3.63) is 39.3 Å². The summed E-state index contributed by atoms with van der Waals surface area (Å²) in [7, 11) is 0. The van der Waals surface area contributed by atoms with E-state index in [0.717, 1.165) is 24.2 Å². The first-order chi connectivity index (χ1) is 21.7. The van der Waals surface area contributed by atoms with Gasteiger partial charge in [0.2, 0.25) is 17.2 Å². The maximum atomic E-state index is 12.6. The van der Waals surface area contributed by atoms with E-state index in [2.05, 4.69) is 41.9 Å². The molecular weight excluding hydrogens is 622 g/mol. The Balaban J connectivity index is 1.41. The number of ether oxygens (including phenoxy) is 2. The molecule has 0 aromatic carbocycles. The van der Waals surface area contributed by atoms with Crippen molar-refractivity contribution in [3.63, 3.8) is 0 Å². The predicted octanol–water partition coefficient (Wildman–Crippen LogP) is 0.712. The molecule has 1 aliphatic rings. The fourth-order valence-corrected chi connectivity index (χ4v) is 4.53. The zero-order valence-electron chi connectivity index (χ0n) is 26.1. The van der Waals surface area contributed by atoms with Crippen LogP contribution in [0, 0.1) is 5.41 Å². The lowest BCUT2D eigenvalue weighted by Crippen LogP contribution is -2.72. The SMILES string of the molecule is CCCCOc1c[nH]c(CNC(=O)N[C@H](C)C(=O)NC[C@H]2NC(=O)[C@H]2NC(=O)C(=N)c2csc(NC(=O)OC(C)(C)C)n2)cc1=O. The number of amides is 6. The molecular formula is C28H39N9O8S. The number of unbranched alkanes of at least 4 members (excludes halogenated alkanes) is 1. The van der Waals surface area contributed by atoms with Gasteiger partial charge in [0.1, 0.15) is 29.1 Å². The van der Waals surface area contributed by atoms with Crippen LogP contribution in [0.15, 0.2) is 22.4 Å². The smallest absolute Gasteiger partial charge is 0.413 e. The number of hydrogen-bond donors (Lipinski definition) is 8. The second kappa shape index (κ2) is 15.8. The van der Waals surface area contributed by atoms with Crippen molar-refractivity contribution in [2.24, 2.45) is 0 Å². The zero-order chi connectivity index (χ0) is 34.0. The van der Waals surface area contributed by atoms with E-state index >= 15 is 0 Å². The fraction of sp³-hybridized carbons (Fsp3) is 0.500. The quantitative estimate of drug-likeness (QED) is 0.0806. The Morgan fingerprint density at radius 3 is 2.57 bits per heavy atom. The van der Waals surface area contributed by atoms with Gasteiger partial charge >= 0.3 is 12.1 Å². The summed E-state index contributed by atoms with van der Waals surface area (Å²) in [6.07, 6.45) is 2.45. The van der Waals surface area contributed by atoms with Crippen LogP contribution in [0.1, 0.15) is 58.8 Å². The van der Waals surface area contributed by atoms with Gasteiger partial charge in [-0.3, -0.25) is 29.9 Å². The first-order valence-electron chi connectivity index (χ1n) is 14.5. The number of carbonyl (C=O) groups is 5. The lowest BCUT2D eigenvalue weighted by atomic mass is 9.98. The number of nitrogens with one attached hydrogen (secondary N) is 8. The minimum atomic E-state index is -1.02. The molecule has 2 aromatic rings. The molecule has 0 unspecified atom stereocenters. The predicted molar refractivity (Wildman–Crippen MR) is 168 cm³/mol. The number of β-lactam (4-membered cyclic amide) rings is 1. The number of urea groups is 1. The fourth-order valence-electron chi connectivity index (χ4n) is 3.84. The molecule has 0 aliphatic carbocycles. The first-order valence-corrected chi connectivity index (χ1v) is 15.4. The third kappa shape index (κ3) is 10.6. The van der Waals surface area contributed by atoms with Gasteiger partial charge in [0.15, 0.2) is 10.9 Å². The van der Waals surface area contributed by atoms with E-state index in [1.807, 2.05) is 6.92 Å². The van der Waals surface area contributed by atoms with Gasteiger partial charge in [-0.05, 0) is 34.1 Å². The summed E-state index contributed by atoms with van der Waals surface area (Å²) in [5.41, 5.74) is -1.15. The maximum absolute atomic E-state index is 12.6. The van der Waals surface area contributed by atoms with Crippen molar-refractivity contribution in [2.75, 3.05) is 18.5 Å². The summed E-state index contributed by atoms with van der Waals surface area (Å²) in [6, 6.07) is -1.99. The molecule has 6 amide bonds. The Morgan fingerprint density at radius 2 is 1.91 bits per heavy atom. The number of carbonyl (C=O) groups excluding carboxylic acids is 5. The van der Waals surface area contributed by atoms with Crippen LogP contribution < -0.4 is 42.1 Å². The van der Waals surface area contributed by atoms with Crippen molar-refractivity contribution in [1.29, 1.82) is 5.41 Å². The van der Waals surface area contributed by atoms with Crippen LogP contribution in [0.3, 0.4) is 0 Å². The molecule has 1 aliphatic heterocycles. The maximum Gasteiger partial charge on any atom is 0.413 e. The molecule has 3 heterocycles. The third-order valence-corrected chi connectivity index (χ3v) is 7.02. The van der Waals surface area contributed by atoms with E-state index < -0.39 is 59.3 Å². The second-order valence-corrected chi connectivity index (χ2v) is 12.1. The highest BCUT2D eigenvalue weighted by molar-refractivity contribution is 7.14. The number of thiazole rings is 1. The molecule has 3 atom stereocenters. The van der Waals surface area contributed by atoms with E-state index in [9.17, 15) is 28.8 Å². The van der Waals surface area contributed by atoms with Gasteiger partial charge < -0.3 is 41.0 Å². The average Bonchev–Trinajstić information content (AvgIpc) is 3.44. The lowest BCUT2D eigenvalue weighted by Gasteiger charge is -2.37. The molecule has 8 N–H and O–H groups in total. The largest absolute Gasteiger partial charge is 0.488 e. The minimum absolute atomic E-state index is 0.00237. The summed E-state index contributed by atoms with van der Waals surface area (Å²) >= 11 is 0.989. The molecule has 0 bridgehead atoms. The van der Waals surface area contributed by atoms with Crippen LogP contribution in [0.25, 0.3) is 0 Å². The summed E-state index contributed by atoms with van der Waals surface area (Å²) in [5, 5.41) is 24.7. The number of hydrogen-bond acceptors (Lipinski definition) is 11. The number of rotatable bonds is 14. The minimum Gasteiger partial charge on any atom is -0.488 e. The molecule has 0 saturated carbocycles. The average molecular weight is 662 g/mol. The van der Waals surface area contributed by atoms with E-state index in [0.29, 0.717) is 12.3 Å². The Kier molecular flexibility index (Phi) is 12.2. The zero-order valence-corrected chi connectivity index (χ0v) is 26.9. The third-order valence-electron chi connectivity index (χ3n) is 6.26. The van der Waals surface area contributed by atoms with Gasteiger partial charge in [0, 0.05) is 29.9 Å². The van der Waals surface area contributed by atoms with Gasteiger partial charge in [-0.15, -0.1) is 11.3 Å². The summed E-state index contributed by atoms with van der Waals surface area (Å²) < 4.78 is 10.6. The highest BCUT2D eigenvalue weighted by Gasteiger charge is 2.41. The second-order valence-electron chi connectivity index (χ2n) is 11.3. The topological polar surface area (TPSA) is 246 Å². The molecule has 46 heavy (non-hydrogen) atoms. The van der Waals surface area contributed by atoms with E-state index in [4.69, 9.17) is 14.9 Å². The molecule has 18 heteroatoms. The van der Waals surface area contributed by atoms with Gasteiger partial charge in [0.05, 0.1) is 19.2 Å². The van der Waals surface area contributed by atoms with Crippen molar-refractivity contribution in [2.45, 2.75) is 77.7 Å². The number of nitrogens with zero attached hydrogens (tertiary/aromatic N) is 1. The highest BCUT2D eigenvalue weighted by atomic mass is 32.1. The number of aromatic amines is 1. The lowest BCUT2D eigenvalue weighted by molar-refractivity contribution is -0.135. The first kappa shape index (κ1) is 35.5. The molecule has 17 nitrogen and oxygen atoms in total. The standard InChI is InChI=1S/C28H39N9O8S/c1-6-7-8-44-19-12-30-15(9-18(19)38)10-32-25(42)33-14(2)22(39)31-11-16-21(24(41)34-16)36-23(40)20(29)17-13-46-26(35-17)37-27(43)45-28(3,4)5/h9,12-14,16,21,29H,6-8,10-11H2,1-5H3,(H,30,38)(H,31,39)(H,34,41)(H,36,40)(H2,32,33,42)(H,35,37,43)/t14-,16-,21+/m1/s1. The molecule has 0 spiro atoms. The molecule has 0 radical (unpaired) electrons. The summed E-state index contributed by atoms with van der Waals surface area (Å²) in [5.74, 6) is -1.74. The van der Waals surface area contributed by atoms with E-state index in [1.165, 1.54) is 24.6 Å². The van der Waals surface area contributed by atoms with Crippen LogP contribution in [-0.2, 0) is 25.7 Å².